The molecule has 0 aliphatic rings. The molecule has 0 aromatic carbocycles. The van der Waals surface area contributed by atoms with Crippen molar-refractivity contribution in [2.75, 3.05) is 5.32 Å². The van der Waals surface area contributed by atoms with Crippen molar-refractivity contribution in [1.29, 1.82) is 0 Å². The van der Waals surface area contributed by atoms with Gasteiger partial charge in [-0.3, -0.25) is 0 Å². The summed E-state index contributed by atoms with van der Waals surface area (Å²) in [6.07, 6.45) is 3.72. The third-order valence-electron chi connectivity index (χ3n) is 2.00. The van der Waals surface area contributed by atoms with E-state index in [2.05, 4.69) is 30.5 Å². The molecule has 0 atom stereocenters. The number of anilines is 1. The minimum absolute atomic E-state index is 0.412. The molecule has 0 amide bonds. The van der Waals surface area contributed by atoms with Crippen LogP contribution in [0.3, 0.4) is 0 Å². The van der Waals surface area contributed by atoms with Gasteiger partial charge in [-0.15, -0.1) is 0 Å². The molecule has 0 spiro atoms. The maximum atomic E-state index is 5.80. The van der Waals surface area contributed by atoms with E-state index in [0.717, 1.165) is 24.1 Å². The lowest BCUT2D eigenvalue weighted by molar-refractivity contribution is 0.707. The molecule has 0 unspecified atom stereocenters. The normalized spacial score (nSPS) is 10.5. The van der Waals surface area contributed by atoms with Gasteiger partial charge in [0.25, 0.3) is 0 Å². The van der Waals surface area contributed by atoms with Crippen LogP contribution in [0.15, 0.2) is 12.4 Å². The van der Waals surface area contributed by atoms with Crippen LogP contribution in [0.5, 0.6) is 0 Å². The second kappa shape index (κ2) is 4.59. The number of aryl methyl sites for hydroxylation is 1. The summed E-state index contributed by atoms with van der Waals surface area (Å²) in [6, 6.07) is 0. The lowest BCUT2D eigenvalue weighted by Gasteiger charge is -2.05. The van der Waals surface area contributed by atoms with Gasteiger partial charge < -0.3 is 9.88 Å². The van der Waals surface area contributed by atoms with E-state index in [4.69, 9.17) is 11.6 Å². The number of imidazole rings is 1. The van der Waals surface area contributed by atoms with Crippen molar-refractivity contribution in [1.82, 2.24) is 18.3 Å². The van der Waals surface area contributed by atoms with E-state index in [1.807, 2.05) is 6.20 Å². The van der Waals surface area contributed by atoms with Crippen LogP contribution in [-0.4, -0.2) is 18.3 Å². The van der Waals surface area contributed by atoms with Crippen LogP contribution < -0.4 is 5.32 Å². The lowest BCUT2D eigenvalue weighted by atomic mass is 10.5. The zero-order valence-corrected chi connectivity index (χ0v) is 9.72. The van der Waals surface area contributed by atoms with Crippen molar-refractivity contribution in [3.05, 3.63) is 23.4 Å². The molecule has 0 fully saturated rings. The molecule has 2 aromatic heterocycles. The Morgan fingerprint density at radius 2 is 2.40 bits per heavy atom. The van der Waals surface area contributed by atoms with Gasteiger partial charge in [-0.2, -0.15) is 8.75 Å². The number of hydrogen-bond donors (Lipinski definition) is 1. The van der Waals surface area contributed by atoms with E-state index in [1.54, 1.807) is 6.20 Å². The molecule has 2 rings (SSSR count). The third kappa shape index (κ3) is 2.27. The fourth-order valence-corrected chi connectivity index (χ4v) is 1.92. The Labute approximate surface area is 96.4 Å². The summed E-state index contributed by atoms with van der Waals surface area (Å²) in [6.45, 7) is 3.58. The predicted octanol–water partition coefficient (Wildman–Crippen LogP) is 2.02. The molecule has 80 valence electrons. The Morgan fingerprint density at radius 3 is 3.07 bits per heavy atom. The molecular formula is C8H10ClN5S. The number of nitrogens with zero attached hydrogens (tertiary/aromatic N) is 4. The number of halogens is 1. The molecule has 5 nitrogen and oxygen atoms in total. The van der Waals surface area contributed by atoms with Gasteiger partial charge in [0.15, 0.2) is 11.0 Å². The Hall–Kier alpha value is -1.14. The van der Waals surface area contributed by atoms with Gasteiger partial charge in [-0.1, -0.05) is 11.6 Å². The maximum Gasteiger partial charge on any atom is 0.186 e. The van der Waals surface area contributed by atoms with Crippen LogP contribution in [0.2, 0.25) is 5.15 Å². The van der Waals surface area contributed by atoms with Gasteiger partial charge in [-0.05, 0) is 6.92 Å². The monoisotopic (exact) mass is 243 g/mol. The zero-order chi connectivity index (χ0) is 10.7. The van der Waals surface area contributed by atoms with Gasteiger partial charge in [-0.25, -0.2) is 4.98 Å². The molecule has 0 saturated heterocycles. The molecule has 7 heteroatoms. The van der Waals surface area contributed by atoms with Gasteiger partial charge in [0.05, 0.1) is 18.3 Å². The van der Waals surface area contributed by atoms with E-state index >= 15 is 0 Å². The third-order valence-corrected chi connectivity index (χ3v) is 2.90. The SMILES string of the molecule is CCn1ccnc1CNc1nsnc1Cl. The predicted molar refractivity (Wildman–Crippen MR) is 60.1 cm³/mol. The van der Waals surface area contributed by atoms with Crippen LogP contribution in [-0.2, 0) is 13.1 Å². The van der Waals surface area contributed by atoms with Crippen LogP contribution in [0, 0.1) is 0 Å². The smallest absolute Gasteiger partial charge is 0.186 e. The standard InChI is InChI=1S/C8H10ClN5S/c1-2-14-4-3-10-6(14)5-11-8-7(9)12-15-13-8/h3-4H,2,5H2,1H3,(H,11,13). The summed E-state index contributed by atoms with van der Waals surface area (Å²) >= 11 is 6.89. The van der Waals surface area contributed by atoms with E-state index in [-0.39, 0.29) is 0 Å². The first kappa shape index (κ1) is 10.4. The molecular weight excluding hydrogens is 234 g/mol. The number of aromatic nitrogens is 4. The van der Waals surface area contributed by atoms with Gasteiger partial charge in [0.1, 0.15) is 5.82 Å². The summed E-state index contributed by atoms with van der Waals surface area (Å²) in [5, 5.41) is 3.50. The largest absolute Gasteiger partial charge is 0.359 e. The summed E-state index contributed by atoms with van der Waals surface area (Å²) < 4.78 is 9.94. The Kier molecular flexibility index (Phi) is 3.17. The number of nitrogens with one attached hydrogen (secondary N) is 1. The molecule has 15 heavy (non-hydrogen) atoms. The Morgan fingerprint density at radius 1 is 1.53 bits per heavy atom. The van der Waals surface area contributed by atoms with E-state index < -0.39 is 0 Å². The fourth-order valence-electron chi connectivity index (χ4n) is 1.24. The molecule has 0 aliphatic carbocycles. The average molecular weight is 244 g/mol. The summed E-state index contributed by atoms with van der Waals surface area (Å²) in [5.41, 5.74) is 0. The molecule has 1 N–H and O–H groups in total. The Bertz CT molecular complexity index is 438. The van der Waals surface area contributed by atoms with E-state index in [0.29, 0.717) is 17.5 Å². The highest BCUT2D eigenvalue weighted by Crippen LogP contribution is 2.18. The van der Waals surface area contributed by atoms with E-state index in [1.165, 1.54) is 0 Å². The molecule has 0 bridgehead atoms. The van der Waals surface area contributed by atoms with Crippen LogP contribution in [0.4, 0.5) is 5.82 Å². The van der Waals surface area contributed by atoms with Crippen molar-refractivity contribution in [2.24, 2.45) is 0 Å². The van der Waals surface area contributed by atoms with Crippen LogP contribution >= 0.6 is 23.3 Å². The molecule has 0 aliphatic heterocycles. The average Bonchev–Trinajstić information content (AvgIpc) is 2.83. The summed E-state index contributed by atoms with van der Waals surface area (Å²) in [4.78, 5) is 4.23. The Balaban J connectivity index is 2.02. The minimum atomic E-state index is 0.412. The van der Waals surface area contributed by atoms with Gasteiger partial charge in [0.2, 0.25) is 0 Å². The van der Waals surface area contributed by atoms with E-state index in [9.17, 15) is 0 Å². The zero-order valence-electron chi connectivity index (χ0n) is 8.14. The minimum Gasteiger partial charge on any atom is -0.359 e. The first-order chi connectivity index (χ1) is 7.31. The molecule has 0 saturated carbocycles. The molecule has 0 radical (unpaired) electrons. The number of rotatable bonds is 4. The number of hydrogen-bond acceptors (Lipinski definition) is 5. The summed E-state index contributed by atoms with van der Waals surface area (Å²) in [7, 11) is 0. The quantitative estimate of drug-likeness (QED) is 0.893. The molecule has 2 aromatic rings. The van der Waals surface area contributed by atoms with Crippen molar-refractivity contribution in [3.8, 4) is 0 Å². The van der Waals surface area contributed by atoms with Crippen LogP contribution in [0.25, 0.3) is 0 Å². The summed E-state index contributed by atoms with van der Waals surface area (Å²) in [5.74, 6) is 1.58. The topological polar surface area (TPSA) is 55.6 Å². The van der Waals surface area contributed by atoms with Gasteiger partial charge >= 0.3 is 0 Å². The first-order valence-corrected chi connectivity index (χ1v) is 5.64. The first-order valence-electron chi connectivity index (χ1n) is 4.53. The lowest BCUT2D eigenvalue weighted by Crippen LogP contribution is -2.07. The van der Waals surface area contributed by atoms with Crippen molar-refractivity contribution in [2.45, 2.75) is 20.0 Å². The van der Waals surface area contributed by atoms with Crippen molar-refractivity contribution in [3.63, 3.8) is 0 Å². The van der Waals surface area contributed by atoms with Crippen molar-refractivity contribution >= 4 is 29.1 Å². The van der Waals surface area contributed by atoms with Crippen molar-refractivity contribution < 1.29 is 0 Å². The second-order valence-corrected chi connectivity index (χ2v) is 3.77. The highest BCUT2D eigenvalue weighted by Gasteiger charge is 2.06. The second-order valence-electron chi connectivity index (χ2n) is 2.89. The highest BCUT2D eigenvalue weighted by atomic mass is 35.5. The van der Waals surface area contributed by atoms with Crippen LogP contribution in [0.1, 0.15) is 12.7 Å². The highest BCUT2D eigenvalue weighted by molar-refractivity contribution is 6.99. The molecule has 2 heterocycles. The maximum absolute atomic E-state index is 5.80. The fraction of sp³-hybridized carbons (Fsp3) is 0.375. The van der Waals surface area contributed by atoms with Gasteiger partial charge in [0, 0.05) is 18.9 Å².